The largest absolute Gasteiger partial charge is 0.433 e. The van der Waals surface area contributed by atoms with E-state index in [1.165, 1.54) is 17.8 Å². The minimum Gasteiger partial charge on any atom is -0.230 e. The van der Waals surface area contributed by atoms with Gasteiger partial charge in [0.25, 0.3) is 0 Å². The van der Waals surface area contributed by atoms with Gasteiger partial charge in [-0.15, -0.1) is 5.10 Å². The maximum absolute atomic E-state index is 12.2. The van der Waals surface area contributed by atoms with Crippen LogP contribution in [0.1, 0.15) is 5.69 Å². The Balaban J connectivity index is 2.66. The minimum atomic E-state index is -4.43. The van der Waals surface area contributed by atoms with Gasteiger partial charge in [-0.1, -0.05) is 5.21 Å². The lowest BCUT2D eigenvalue weighted by Gasteiger charge is -2.04. The van der Waals surface area contributed by atoms with Crippen molar-refractivity contribution in [2.24, 2.45) is 7.05 Å². The number of hydrogen-bond donors (Lipinski definition) is 0. The number of aromatic nitrogens is 4. The highest BCUT2D eigenvalue weighted by molar-refractivity contribution is 5.69. The predicted molar refractivity (Wildman–Crippen MR) is 41.3 cm³/mol. The van der Waals surface area contributed by atoms with Gasteiger partial charge in [-0.2, -0.15) is 13.2 Å². The number of pyridine rings is 1. The van der Waals surface area contributed by atoms with Crippen molar-refractivity contribution in [2.75, 3.05) is 0 Å². The number of hydrogen-bond acceptors (Lipinski definition) is 3. The number of nitrogens with zero attached hydrogens (tertiary/aromatic N) is 4. The second kappa shape index (κ2) is 2.66. The monoisotopic (exact) mass is 202 g/mol. The zero-order valence-corrected chi connectivity index (χ0v) is 7.08. The molecular formula is C7H5F3N4. The number of fused-ring (bicyclic) bond motifs is 1. The van der Waals surface area contributed by atoms with Gasteiger partial charge in [0.1, 0.15) is 11.2 Å². The van der Waals surface area contributed by atoms with Crippen LogP contribution in [0, 0.1) is 0 Å². The first-order valence-electron chi connectivity index (χ1n) is 3.72. The van der Waals surface area contributed by atoms with E-state index >= 15 is 0 Å². The zero-order chi connectivity index (χ0) is 10.3. The van der Waals surface area contributed by atoms with Gasteiger partial charge in [-0.3, -0.25) is 0 Å². The van der Waals surface area contributed by atoms with Crippen LogP contribution in [0.15, 0.2) is 12.1 Å². The van der Waals surface area contributed by atoms with Gasteiger partial charge in [0.2, 0.25) is 0 Å². The van der Waals surface area contributed by atoms with Crippen molar-refractivity contribution in [3.8, 4) is 0 Å². The van der Waals surface area contributed by atoms with Gasteiger partial charge in [0.05, 0.1) is 0 Å². The molecule has 0 bridgehead atoms. The Labute approximate surface area is 76.4 Å². The molecule has 14 heavy (non-hydrogen) atoms. The Bertz CT molecular complexity index is 473. The highest BCUT2D eigenvalue weighted by Crippen LogP contribution is 2.28. The van der Waals surface area contributed by atoms with Gasteiger partial charge in [-0.05, 0) is 12.1 Å². The topological polar surface area (TPSA) is 43.6 Å². The van der Waals surface area contributed by atoms with E-state index in [1.54, 1.807) is 0 Å². The van der Waals surface area contributed by atoms with E-state index in [-0.39, 0.29) is 5.65 Å². The summed E-state index contributed by atoms with van der Waals surface area (Å²) >= 11 is 0. The van der Waals surface area contributed by atoms with E-state index in [0.29, 0.717) is 5.52 Å². The van der Waals surface area contributed by atoms with Gasteiger partial charge in [-0.25, -0.2) is 9.67 Å². The SMILES string of the molecule is Cn1nnc2ccc(C(F)(F)F)nc21. The molecule has 0 aromatic carbocycles. The summed E-state index contributed by atoms with van der Waals surface area (Å²) in [6, 6.07) is 2.13. The molecular weight excluding hydrogens is 197 g/mol. The molecule has 0 aliphatic rings. The van der Waals surface area contributed by atoms with Crippen LogP contribution in [0.5, 0.6) is 0 Å². The van der Waals surface area contributed by atoms with Crippen LogP contribution in [-0.4, -0.2) is 20.0 Å². The third-order valence-corrected chi connectivity index (χ3v) is 1.74. The van der Waals surface area contributed by atoms with Crippen LogP contribution in [0.4, 0.5) is 13.2 Å². The Morgan fingerprint density at radius 3 is 2.64 bits per heavy atom. The molecule has 0 atom stereocenters. The fourth-order valence-corrected chi connectivity index (χ4v) is 1.07. The van der Waals surface area contributed by atoms with Crippen molar-refractivity contribution in [3.63, 3.8) is 0 Å². The molecule has 74 valence electrons. The summed E-state index contributed by atoms with van der Waals surface area (Å²) in [5.41, 5.74) is -0.462. The molecule has 0 N–H and O–H groups in total. The summed E-state index contributed by atoms with van der Waals surface area (Å²) < 4.78 is 37.9. The first-order chi connectivity index (χ1) is 6.48. The van der Waals surface area contributed by atoms with E-state index in [2.05, 4.69) is 15.3 Å². The molecule has 7 heteroatoms. The lowest BCUT2D eigenvalue weighted by atomic mass is 10.3. The van der Waals surface area contributed by atoms with Gasteiger partial charge < -0.3 is 0 Å². The van der Waals surface area contributed by atoms with Crippen LogP contribution < -0.4 is 0 Å². The van der Waals surface area contributed by atoms with Crippen molar-refractivity contribution in [3.05, 3.63) is 17.8 Å². The van der Waals surface area contributed by atoms with Crippen molar-refractivity contribution < 1.29 is 13.2 Å². The minimum absolute atomic E-state index is 0.125. The number of halogens is 3. The maximum Gasteiger partial charge on any atom is 0.433 e. The number of aryl methyl sites for hydroxylation is 1. The standard InChI is InChI=1S/C7H5F3N4/c1-14-6-4(12-13-14)2-3-5(11-6)7(8,9)10/h2-3H,1H3. The highest BCUT2D eigenvalue weighted by Gasteiger charge is 2.32. The molecule has 2 rings (SSSR count). The smallest absolute Gasteiger partial charge is 0.230 e. The first-order valence-corrected chi connectivity index (χ1v) is 3.72. The molecule has 0 radical (unpaired) electrons. The van der Waals surface area contributed by atoms with Crippen molar-refractivity contribution in [1.29, 1.82) is 0 Å². The average Bonchev–Trinajstić information content (AvgIpc) is 2.46. The molecule has 2 aromatic heterocycles. The third-order valence-electron chi connectivity index (χ3n) is 1.74. The lowest BCUT2D eigenvalue weighted by Crippen LogP contribution is -2.08. The lowest BCUT2D eigenvalue weighted by molar-refractivity contribution is -0.141. The Morgan fingerprint density at radius 2 is 2.00 bits per heavy atom. The van der Waals surface area contributed by atoms with Crippen molar-refractivity contribution in [2.45, 2.75) is 6.18 Å². The Hall–Kier alpha value is -1.66. The zero-order valence-electron chi connectivity index (χ0n) is 7.08. The Morgan fingerprint density at radius 1 is 1.29 bits per heavy atom. The average molecular weight is 202 g/mol. The molecule has 0 saturated carbocycles. The summed E-state index contributed by atoms with van der Waals surface area (Å²) in [7, 11) is 1.49. The molecule has 0 saturated heterocycles. The van der Waals surface area contributed by atoms with Gasteiger partial charge in [0, 0.05) is 7.05 Å². The summed E-state index contributed by atoms with van der Waals surface area (Å²) in [5.74, 6) is 0. The van der Waals surface area contributed by atoms with Crippen molar-refractivity contribution in [1.82, 2.24) is 20.0 Å². The second-order valence-electron chi connectivity index (χ2n) is 2.75. The maximum atomic E-state index is 12.2. The van der Waals surface area contributed by atoms with Gasteiger partial charge in [0.15, 0.2) is 5.65 Å². The fraction of sp³-hybridized carbons (Fsp3) is 0.286. The summed E-state index contributed by atoms with van der Waals surface area (Å²) in [4.78, 5) is 3.42. The van der Waals surface area contributed by atoms with E-state index in [9.17, 15) is 13.2 Å². The molecule has 2 heterocycles. The molecule has 0 amide bonds. The van der Waals surface area contributed by atoms with Crippen LogP contribution in [0.3, 0.4) is 0 Å². The molecule has 0 aliphatic carbocycles. The van der Waals surface area contributed by atoms with E-state index in [1.807, 2.05) is 0 Å². The first kappa shape index (κ1) is 8.92. The summed E-state index contributed by atoms with van der Waals surface area (Å²) in [6.45, 7) is 0. The fourth-order valence-electron chi connectivity index (χ4n) is 1.07. The normalized spacial score (nSPS) is 12.3. The molecule has 0 unspecified atom stereocenters. The van der Waals surface area contributed by atoms with Crippen LogP contribution >= 0.6 is 0 Å². The molecule has 0 fully saturated rings. The summed E-state index contributed by atoms with van der Waals surface area (Å²) in [5, 5.41) is 7.18. The molecule has 2 aromatic rings. The van der Waals surface area contributed by atoms with Gasteiger partial charge >= 0.3 is 6.18 Å². The molecule has 4 nitrogen and oxygen atoms in total. The molecule has 0 aliphatic heterocycles. The van der Waals surface area contributed by atoms with Crippen LogP contribution in [0.25, 0.3) is 11.2 Å². The van der Waals surface area contributed by atoms with Crippen LogP contribution in [-0.2, 0) is 13.2 Å². The van der Waals surface area contributed by atoms with E-state index < -0.39 is 11.9 Å². The second-order valence-corrected chi connectivity index (χ2v) is 2.75. The number of alkyl halides is 3. The van der Waals surface area contributed by atoms with Crippen molar-refractivity contribution >= 4 is 11.2 Å². The van der Waals surface area contributed by atoms with E-state index in [4.69, 9.17) is 0 Å². The predicted octanol–water partition coefficient (Wildman–Crippen LogP) is 1.38. The quantitative estimate of drug-likeness (QED) is 0.648. The Kier molecular flexibility index (Phi) is 1.70. The van der Waals surface area contributed by atoms with Crippen LogP contribution in [0.2, 0.25) is 0 Å². The van der Waals surface area contributed by atoms with E-state index in [0.717, 1.165) is 6.07 Å². The third kappa shape index (κ3) is 1.30. The summed E-state index contributed by atoms with van der Waals surface area (Å²) in [6.07, 6.45) is -4.43. The number of rotatable bonds is 0. The molecule has 0 spiro atoms. The highest BCUT2D eigenvalue weighted by atomic mass is 19.4.